The molecule has 1 amide bonds. The van der Waals surface area contributed by atoms with Gasteiger partial charge in [0.25, 0.3) is 0 Å². The van der Waals surface area contributed by atoms with Crippen LogP contribution in [-0.2, 0) is 40.4 Å². The minimum atomic E-state index is -5.08. The van der Waals surface area contributed by atoms with E-state index in [-0.39, 0.29) is 5.91 Å². The Labute approximate surface area is 213 Å². The van der Waals surface area contributed by atoms with E-state index in [1.165, 1.54) is 0 Å². The molecule has 10 nitrogen and oxygen atoms in total. The molecule has 0 aliphatic carbocycles. The summed E-state index contributed by atoms with van der Waals surface area (Å²) in [5, 5.41) is 14.2. The molecule has 3 heterocycles. The van der Waals surface area contributed by atoms with E-state index in [1.54, 1.807) is 6.20 Å². The van der Waals surface area contributed by atoms with Gasteiger partial charge in [0, 0.05) is 37.7 Å². The van der Waals surface area contributed by atoms with Crippen molar-refractivity contribution in [3.63, 3.8) is 0 Å². The Morgan fingerprint density at radius 3 is 1.95 bits per heavy atom. The lowest BCUT2D eigenvalue weighted by atomic mass is 10.2. The summed E-state index contributed by atoms with van der Waals surface area (Å²) in [6.45, 7) is 9.38. The molecule has 2 N–H and O–H groups in total. The second-order valence-corrected chi connectivity index (χ2v) is 7.72. The Morgan fingerprint density at radius 2 is 1.50 bits per heavy atom. The highest BCUT2D eigenvalue weighted by Gasteiger charge is 2.38. The van der Waals surface area contributed by atoms with Crippen LogP contribution < -0.4 is 0 Å². The number of halogens is 6. The number of rotatable bonds is 6. The number of hydrogen-bond acceptors (Lipinski definition) is 6. The molecule has 0 saturated heterocycles. The van der Waals surface area contributed by atoms with E-state index in [4.69, 9.17) is 24.8 Å². The molecular formula is C22H27F6N5O5. The molecule has 38 heavy (non-hydrogen) atoms. The van der Waals surface area contributed by atoms with Crippen LogP contribution in [0, 0.1) is 0 Å². The van der Waals surface area contributed by atoms with E-state index >= 15 is 0 Å². The molecule has 0 fully saturated rings. The van der Waals surface area contributed by atoms with Gasteiger partial charge in [-0.05, 0) is 25.2 Å². The largest absolute Gasteiger partial charge is 0.490 e. The number of carboxylic acids is 2. The van der Waals surface area contributed by atoms with Crippen molar-refractivity contribution < 1.29 is 50.9 Å². The minimum Gasteiger partial charge on any atom is -0.475 e. The number of aliphatic carboxylic acids is 2. The van der Waals surface area contributed by atoms with Gasteiger partial charge in [0.2, 0.25) is 5.91 Å². The maximum atomic E-state index is 12.5. The van der Waals surface area contributed by atoms with Crippen LogP contribution in [0.1, 0.15) is 31.1 Å². The first-order valence-electron chi connectivity index (χ1n) is 11.1. The molecule has 2 aromatic rings. The fourth-order valence-corrected chi connectivity index (χ4v) is 3.05. The third-order valence-electron chi connectivity index (χ3n) is 5.03. The average molecular weight is 555 g/mol. The number of fused-ring (bicyclic) bond motifs is 1. The number of pyridine rings is 1. The first-order valence-corrected chi connectivity index (χ1v) is 11.1. The zero-order valence-electron chi connectivity index (χ0n) is 20.5. The van der Waals surface area contributed by atoms with Gasteiger partial charge in [-0.2, -0.15) is 26.3 Å². The fraction of sp³-hybridized carbons (Fsp3) is 0.500. The highest BCUT2D eigenvalue weighted by Crippen LogP contribution is 2.16. The predicted octanol–water partition coefficient (Wildman–Crippen LogP) is 2.97. The van der Waals surface area contributed by atoms with Gasteiger partial charge < -0.3 is 19.7 Å². The first kappa shape index (κ1) is 32.3. The lowest BCUT2D eigenvalue weighted by Gasteiger charge is -2.27. The normalized spacial score (nSPS) is 13.0. The molecule has 16 heteroatoms. The molecule has 212 valence electrons. The molecule has 3 rings (SSSR count). The zero-order chi connectivity index (χ0) is 29.1. The first-order chi connectivity index (χ1) is 17.6. The molecule has 0 aromatic carbocycles. The van der Waals surface area contributed by atoms with Crippen molar-refractivity contribution in [2.75, 3.05) is 19.6 Å². The summed E-state index contributed by atoms with van der Waals surface area (Å²) in [6.07, 6.45) is -5.95. The van der Waals surface area contributed by atoms with Crippen LogP contribution in [0.5, 0.6) is 0 Å². The topological polar surface area (TPSA) is 129 Å². The quantitative estimate of drug-likeness (QED) is 0.521. The van der Waals surface area contributed by atoms with Gasteiger partial charge in [0.05, 0.1) is 18.7 Å². The standard InChI is InChI=1S/C18H25N5O.2C2HF3O2/c1-3-21(4-2)12-16-13-22-9-10-23(14-17(22)20-16)18(24)11-15-7-5-6-8-19-15;2*3-2(4,5)1(6)7/h5-8,13H,3-4,9-12,14H2,1-2H3;2*(H,6,7). The molecule has 0 spiro atoms. The Hall–Kier alpha value is -3.69. The fourth-order valence-electron chi connectivity index (χ4n) is 3.05. The summed E-state index contributed by atoms with van der Waals surface area (Å²) in [5.41, 5.74) is 1.91. The molecule has 0 unspecified atom stereocenters. The predicted molar refractivity (Wildman–Crippen MR) is 120 cm³/mol. The van der Waals surface area contributed by atoms with E-state index in [2.05, 4.69) is 34.5 Å². The molecule has 0 saturated carbocycles. The van der Waals surface area contributed by atoms with Gasteiger partial charge in [0.15, 0.2) is 0 Å². The summed E-state index contributed by atoms with van der Waals surface area (Å²) in [4.78, 5) is 43.5. The molecule has 0 radical (unpaired) electrons. The van der Waals surface area contributed by atoms with E-state index in [9.17, 15) is 31.1 Å². The lowest BCUT2D eigenvalue weighted by molar-refractivity contribution is -0.193. The van der Waals surface area contributed by atoms with Crippen LogP contribution in [0.15, 0.2) is 30.6 Å². The number of alkyl halides is 6. The zero-order valence-corrected chi connectivity index (χ0v) is 20.5. The number of hydrogen-bond donors (Lipinski definition) is 2. The van der Waals surface area contributed by atoms with Gasteiger partial charge in [-0.15, -0.1) is 0 Å². The van der Waals surface area contributed by atoms with E-state index in [0.29, 0.717) is 13.0 Å². The third kappa shape index (κ3) is 11.1. The molecule has 0 atom stereocenters. The van der Waals surface area contributed by atoms with Crippen LogP contribution in [0.2, 0.25) is 0 Å². The van der Waals surface area contributed by atoms with Gasteiger partial charge in [-0.25, -0.2) is 14.6 Å². The summed E-state index contributed by atoms with van der Waals surface area (Å²) < 4.78 is 65.7. The number of carbonyl (C=O) groups excluding carboxylic acids is 1. The van der Waals surface area contributed by atoms with Crippen molar-refractivity contribution in [2.24, 2.45) is 0 Å². The summed E-state index contributed by atoms with van der Waals surface area (Å²) in [5.74, 6) is -4.41. The van der Waals surface area contributed by atoms with E-state index in [1.807, 2.05) is 23.1 Å². The Kier molecular flexibility index (Phi) is 12.2. The molecule has 2 aromatic heterocycles. The maximum Gasteiger partial charge on any atom is 0.490 e. The highest BCUT2D eigenvalue weighted by molar-refractivity contribution is 5.78. The second kappa shape index (κ2) is 14.3. The van der Waals surface area contributed by atoms with Gasteiger partial charge in [0.1, 0.15) is 5.82 Å². The average Bonchev–Trinajstić information content (AvgIpc) is 3.24. The summed E-state index contributed by atoms with van der Waals surface area (Å²) in [6, 6.07) is 5.67. The number of aromatic nitrogens is 3. The van der Waals surface area contributed by atoms with Crippen molar-refractivity contribution >= 4 is 17.8 Å². The van der Waals surface area contributed by atoms with Crippen molar-refractivity contribution in [1.82, 2.24) is 24.3 Å². The summed E-state index contributed by atoms with van der Waals surface area (Å²) in [7, 11) is 0. The SMILES string of the molecule is CCN(CC)Cc1cn2c(n1)CN(C(=O)Cc1ccccn1)CC2.O=C(O)C(F)(F)F.O=C(O)C(F)(F)F. The van der Waals surface area contributed by atoms with E-state index in [0.717, 1.165) is 49.9 Å². The molecule has 1 aliphatic heterocycles. The van der Waals surface area contributed by atoms with Crippen molar-refractivity contribution in [3.8, 4) is 0 Å². The van der Waals surface area contributed by atoms with Crippen molar-refractivity contribution in [1.29, 1.82) is 0 Å². The van der Waals surface area contributed by atoms with Crippen molar-refractivity contribution in [2.45, 2.75) is 52.3 Å². The second-order valence-electron chi connectivity index (χ2n) is 7.72. The molecule has 1 aliphatic rings. The van der Waals surface area contributed by atoms with Gasteiger partial charge in [-0.3, -0.25) is 14.7 Å². The Bertz CT molecular complexity index is 1030. The summed E-state index contributed by atoms with van der Waals surface area (Å²) >= 11 is 0. The number of carboxylic acid groups (broad SMARTS) is 2. The molecular weight excluding hydrogens is 528 g/mol. The Morgan fingerprint density at radius 1 is 0.947 bits per heavy atom. The smallest absolute Gasteiger partial charge is 0.475 e. The van der Waals surface area contributed by atoms with E-state index < -0.39 is 24.3 Å². The van der Waals surface area contributed by atoms with Crippen LogP contribution in [0.3, 0.4) is 0 Å². The highest BCUT2D eigenvalue weighted by atomic mass is 19.4. The Balaban J connectivity index is 0.000000426. The number of carbonyl (C=O) groups is 3. The van der Waals surface area contributed by atoms with Crippen molar-refractivity contribution in [3.05, 3.63) is 47.8 Å². The number of amides is 1. The number of nitrogens with zero attached hydrogens (tertiary/aromatic N) is 5. The number of imidazole rings is 1. The lowest BCUT2D eigenvalue weighted by Crippen LogP contribution is -2.39. The van der Waals surface area contributed by atoms with Crippen LogP contribution in [0.4, 0.5) is 26.3 Å². The van der Waals surface area contributed by atoms with Gasteiger partial charge in [-0.1, -0.05) is 19.9 Å². The maximum absolute atomic E-state index is 12.5. The van der Waals surface area contributed by atoms with Gasteiger partial charge >= 0.3 is 24.3 Å². The monoisotopic (exact) mass is 555 g/mol. The van der Waals surface area contributed by atoms with Crippen LogP contribution in [-0.4, -0.2) is 84.4 Å². The minimum absolute atomic E-state index is 0.119. The molecule has 0 bridgehead atoms. The van der Waals surface area contributed by atoms with Crippen LogP contribution in [0.25, 0.3) is 0 Å². The van der Waals surface area contributed by atoms with Crippen LogP contribution >= 0.6 is 0 Å². The third-order valence-corrected chi connectivity index (χ3v) is 5.03.